The van der Waals surface area contributed by atoms with E-state index in [0.717, 1.165) is 0 Å². The molecule has 0 spiro atoms. The number of esters is 6. The zero-order valence-corrected chi connectivity index (χ0v) is 33.6. The molecule has 58 heavy (non-hydrogen) atoms. The van der Waals surface area contributed by atoms with Crippen LogP contribution in [0.1, 0.15) is 116 Å². The molecule has 0 heterocycles. The maximum Gasteiger partial charge on any atom is 0.343 e. The Morgan fingerprint density at radius 1 is 0.448 bits per heavy atom. The van der Waals surface area contributed by atoms with Crippen LogP contribution in [0, 0.1) is 39.5 Å². The van der Waals surface area contributed by atoms with Gasteiger partial charge in [0.1, 0.15) is 23.0 Å². The molecule has 0 amide bonds. The monoisotopic (exact) mass is 792 g/mol. The topological polar surface area (TPSA) is 158 Å². The molecular formula is C46H48O12. The molecule has 304 valence electrons. The lowest BCUT2D eigenvalue weighted by molar-refractivity contribution is -0.145. The molecule has 1 saturated carbocycles. The van der Waals surface area contributed by atoms with Crippen molar-refractivity contribution in [2.45, 2.75) is 80.1 Å². The third-order valence-corrected chi connectivity index (χ3v) is 9.67. The van der Waals surface area contributed by atoms with E-state index in [2.05, 4.69) is 0 Å². The molecule has 0 N–H and O–H groups in total. The van der Waals surface area contributed by atoms with E-state index in [1.807, 2.05) is 13.8 Å². The van der Waals surface area contributed by atoms with E-state index in [4.69, 9.17) is 28.4 Å². The zero-order valence-electron chi connectivity index (χ0n) is 33.6. The van der Waals surface area contributed by atoms with Crippen LogP contribution in [0.5, 0.6) is 23.0 Å². The lowest BCUT2D eigenvalue weighted by Gasteiger charge is -2.25. The summed E-state index contributed by atoms with van der Waals surface area (Å²) in [5, 5.41) is 0. The van der Waals surface area contributed by atoms with E-state index >= 15 is 0 Å². The summed E-state index contributed by atoms with van der Waals surface area (Å²) in [7, 11) is 0. The van der Waals surface area contributed by atoms with Crippen molar-refractivity contribution in [3.8, 4) is 23.0 Å². The van der Waals surface area contributed by atoms with Crippen molar-refractivity contribution in [1.82, 2.24) is 0 Å². The molecule has 0 unspecified atom stereocenters. The number of hydrogen-bond acceptors (Lipinski definition) is 12. The average molecular weight is 793 g/mol. The van der Waals surface area contributed by atoms with Gasteiger partial charge in [0.25, 0.3) is 0 Å². The summed E-state index contributed by atoms with van der Waals surface area (Å²) in [6, 6.07) is 18.6. The summed E-state index contributed by atoms with van der Waals surface area (Å²) in [4.78, 5) is 76.4. The van der Waals surface area contributed by atoms with Crippen LogP contribution in [-0.2, 0) is 19.1 Å². The molecule has 12 nitrogen and oxygen atoms in total. The third kappa shape index (κ3) is 11.0. The van der Waals surface area contributed by atoms with Crippen molar-refractivity contribution < 1.29 is 57.2 Å². The average Bonchev–Trinajstić information content (AvgIpc) is 3.21. The lowest BCUT2D eigenvalue weighted by Crippen LogP contribution is -2.30. The van der Waals surface area contributed by atoms with Gasteiger partial charge < -0.3 is 28.4 Å². The van der Waals surface area contributed by atoms with Gasteiger partial charge in [-0.3, -0.25) is 9.59 Å². The van der Waals surface area contributed by atoms with Crippen molar-refractivity contribution >= 4 is 35.8 Å². The standard InChI is InChI=1S/C46H48O12/c1-7-21-53-41(47)35-23-27(3)39(28(4)24-35)57-45(51)33-13-17-37(18-14-33)55-43(49)31-9-11-32(12-10-31)44(50)56-38-19-15-34(16-20-38)46(52)58-40-29(5)25-36(26-30(40)6)42(48)54-22-8-2/h13-20,23-26,31-32H,7-12,21-22H2,1-6H3/t31-,32-. The SMILES string of the molecule is CCCOC(=O)c1cc(C)c(OC(=O)c2ccc(OC(=O)[C@H]3CC[C@H](C(=O)Oc4ccc(C(=O)Oc5c(C)cc(C(=O)OCCC)cc5C)cc4)CC3)cc2)c(C)c1. The van der Waals surface area contributed by atoms with Crippen LogP contribution in [0.4, 0.5) is 0 Å². The molecule has 4 aromatic carbocycles. The predicted octanol–water partition coefficient (Wildman–Crippen LogP) is 8.81. The van der Waals surface area contributed by atoms with Crippen LogP contribution in [-0.4, -0.2) is 49.0 Å². The molecule has 0 aliphatic heterocycles. The van der Waals surface area contributed by atoms with Crippen molar-refractivity contribution in [3.05, 3.63) is 117 Å². The van der Waals surface area contributed by atoms with E-state index in [0.29, 0.717) is 96.6 Å². The maximum absolute atomic E-state index is 13.0. The van der Waals surface area contributed by atoms with Crippen molar-refractivity contribution in [2.24, 2.45) is 11.8 Å². The van der Waals surface area contributed by atoms with Gasteiger partial charge in [-0.05, 0) is 161 Å². The zero-order chi connectivity index (χ0) is 41.9. The summed E-state index contributed by atoms with van der Waals surface area (Å²) in [5.74, 6) is -2.53. The second-order valence-electron chi connectivity index (χ2n) is 14.4. The first-order valence-electron chi connectivity index (χ1n) is 19.4. The largest absolute Gasteiger partial charge is 0.462 e. The molecule has 0 atom stereocenters. The Hall–Kier alpha value is -6.30. The van der Waals surface area contributed by atoms with E-state index in [-0.39, 0.29) is 22.6 Å². The first-order valence-corrected chi connectivity index (χ1v) is 19.4. The summed E-state index contributed by atoms with van der Waals surface area (Å²) in [5.41, 5.74) is 3.70. The van der Waals surface area contributed by atoms with Crippen LogP contribution in [0.2, 0.25) is 0 Å². The van der Waals surface area contributed by atoms with Crippen LogP contribution < -0.4 is 18.9 Å². The smallest absolute Gasteiger partial charge is 0.343 e. The number of ether oxygens (including phenoxy) is 6. The molecule has 0 saturated heterocycles. The molecule has 0 radical (unpaired) electrons. The highest BCUT2D eigenvalue weighted by Gasteiger charge is 2.32. The van der Waals surface area contributed by atoms with Gasteiger partial charge in [-0.25, -0.2) is 19.2 Å². The number of rotatable bonds is 14. The first-order chi connectivity index (χ1) is 27.8. The molecule has 4 aromatic rings. The van der Waals surface area contributed by atoms with Crippen LogP contribution in [0.3, 0.4) is 0 Å². The summed E-state index contributed by atoms with van der Waals surface area (Å²) in [6.07, 6.45) is 3.15. The fourth-order valence-electron chi connectivity index (χ4n) is 6.60. The Morgan fingerprint density at radius 2 is 0.759 bits per heavy atom. The third-order valence-electron chi connectivity index (χ3n) is 9.67. The van der Waals surface area contributed by atoms with Gasteiger partial charge in [0.2, 0.25) is 0 Å². The van der Waals surface area contributed by atoms with Gasteiger partial charge in [0.05, 0.1) is 47.3 Å². The Labute approximate surface area is 337 Å². The predicted molar refractivity (Wildman–Crippen MR) is 212 cm³/mol. The minimum atomic E-state index is -0.606. The summed E-state index contributed by atoms with van der Waals surface area (Å²) in [6.45, 7) is 11.4. The Bertz CT molecular complexity index is 1960. The number of benzene rings is 4. The number of aryl methyl sites for hydroxylation is 4. The number of hydrogen-bond donors (Lipinski definition) is 0. The Morgan fingerprint density at radius 3 is 1.05 bits per heavy atom. The van der Waals surface area contributed by atoms with E-state index in [9.17, 15) is 28.8 Å². The summed E-state index contributed by atoms with van der Waals surface area (Å²) < 4.78 is 32.9. The van der Waals surface area contributed by atoms with E-state index in [1.54, 1.807) is 52.0 Å². The van der Waals surface area contributed by atoms with Gasteiger partial charge in [-0.1, -0.05) is 13.8 Å². The quantitative estimate of drug-likeness (QED) is 0.0884. The van der Waals surface area contributed by atoms with Gasteiger partial charge >= 0.3 is 35.8 Å². The van der Waals surface area contributed by atoms with Crippen LogP contribution >= 0.6 is 0 Å². The minimum absolute atomic E-state index is 0.248. The van der Waals surface area contributed by atoms with Crippen molar-refractivity contribution in [1.29, 1.82) is 0 Å². The first kappa shape index (κ1) is 42.8. The van der Waals surface area contributed by atoms with Crippen molar-refractivity contribution in [3.63, 3.8) is 0 Å². The molecule has 0 bridgehead atoms. The molecule has 0 aromatic heterocycles. The second kappa shape index (κ2) is 19.7. The summed E-state index contributed by atoms with van der Waals surface area (Å²) >= 11 is 0. The molecular weight excluding hydrogens is 744 g/mol. The molecule has 5 rings (SSSR count). The molecule has 1 aliphatic carbocycles. The highest BCUT2D eigenvalue weighted by molar-refractivity contribution is 5.94. The second-order valence-corrected chi connectivity index (χ2v) is 14.4. The van der Waals surface area contributed by atoms with Gasteiger partial charge in [0.15, 0.2) is 0 Å². The van der Waals surface area contributed by atoms with Gasteiger partial charge in [-0.15, -0.1) is 0 Å². The van der Waals surface area contributed by atoms with Gasteiger partial charge in [-0.2, -0.15) is 0 Å². The highest BCUT2D eigenvalue weighted by Crippen LogP contribution is 2.32. The van der Waals surface area contributed by atoms with Gasteiger partial charge in [0, 0.05) is 0 Å². The number of carbonyl (C=O) groups is 6. The normalized spacial score (nSPS) is 14.8. The van der Waals surface area contributed by atoms with E-state index in [1.165, 1.54) is 48.5 Å². The molecule has 1 fully saturated rings. The highest BCUT2D eigenvalue weighted by atomic mass is 16.6. The Kier molecular flexibility index (Phi) is 14.6. The maximum atomic E-state index is 13.0. The van der Waals surface area contributed by atoms with Crippen molar-refractivity contribution in [2.75, 3.05) is 13.2 Å². The van der Waals surface area contributed by atoms with Crippen LogP contribution in [0.15, 0.2) is 72.8 Å². The lowest BCUT2D eigenvalue weighted by atomic mass is 9.82. The van der Waals surface area contributed by atoms with E-state index < -0.39 is 47.7 Å². The molecule has 1 aliphatic rings. The molecule has 12 heteroatoms. The minimum Gasteiger partial charge on any atom is -0.462 e. The fourth-order valence-corrected chi connectivity index (χ4v) is 6.60. The van der Waals surface area contributed by atoms with Crippen LogP contribution in [0.25, 0.3) is 0 Å². The fraction of sp³-hybridized carbons (Fsp3) is 0.348. The number of carbonyl (C=O) groups excluding carboxylic acids is 6. The Balaban J connectivity index is 1.07.